The maximum atomic E-state index is 6.10. The number of hydrogen-bond acceptors (Lipinski definition) is 4. The van der Waals surface area contributed by atoms with E-state index < -0.39 is 0 Å². The third-order valence-corrected chi connectivity index (χ3v) is 3.63. The third kappa shape index (κ3) is 3.06. The maximum Gasteiger partial charge on any atom is 0.234 e. The Balaban J connectivity index is 2.01. The van der Waals surface area contributed by atoms with Crippen molar-refractivity contribution in [2.24, 2.45) is 0 Å². The van der Waals surface area contributed by atoms with Gasteiger partial charge in [0, 0.05) is 20.1 Å². The van der Waals surface area contributed by atoms with Crippen molar-refractivity contribution in [1.82, 2.24) is 9.88 Å². The monoisotopic (exact) mass is 269 g/mol. The SMILES string of the molecule is CN(C)c1ccc(Cl)c(OCC2CCCN2C)n1. The first-order chi connectivity index (χ1) is 8.58. The summed E-state index contributed by atoms with van der Waals surface area (Å²) in [5.41, 5.74) is 0. The summed E-state index contributed by atoms with van der Waals surface area (Å²) in [4.78, 5) is 8.67. The zero-order valence-electron chi connectivity index (χ0n) is 11.2. The molecule has 1 aromatic heterocycles. The molecule has 0 amide bonds. The number of nitrogens with zero attached hydrogens (tertiary/aromatic N) is 3. The molecule has 1 aliphatic heterocycles. The number of aromatic nitrogens is 1. The first-order valence-corrected chi connectivity index (χ1v) is 6.62. The van der Waals surface area contributed by atoms with Gasteiger partial charge in [0.2, 0.25) is 5.88 Å². The number of halogens is 1. The van der Waals surface area contributed by atoms with Gasteiger partial charge in [-0.1, -0.05) is 11.6 Å². The highest BCUT2D eigenvalue weighted by molar-refractivity contribution is 6.31. The molecule has 0 N–H and O–H groups in total. The summed E-state index contributed by atoms with van der Waals surface area (Å²) in [6, 6.07) is 4.19. The molecule has 5 heteroatoms. The minimum absolute atomic E-state index is 0.478. The van der Waals surface area contributed by atoms with Gasteiger partial charge in [-0.15, -0.1) is 0 Å². The lowest BCUT2D eigenvalue weighted by molar-refractivity contribution is 0.193. The van der Waals surface area contributed by atoms with Gasteiger partial charge in [0.15, 0.2) is 0 Å². The summed E-state index contributed by atoms with van der Waals surface area (Å²) in [7, 11) is 6.03. The molecular formula is C13H20ClN3O. The molecule has 2 heterocycles. The van der Waals surface area contributed by atoms with Crippen LogP contribution in [0.15, 0.2) is 12.1 Å². The predicted octanol–water partition coefficient (Wildman–Crippen LogP) is 2.27. The highest BCUT2D eigenvalue weighted by Crippen LogP contribution is 2.26. The number of likely N-dealkylation sites (N-methyl/N-ethyl adjacent to an activating group) is 1. The summed E-state index contributed by atoms with van der Waals surface area (Å²) >= 11 is 6.10. The summed E-state index contributed by atoms with van der Waals surface area (Å²) in [5, 5.41) is 0.571. The van der Waals surface area contributed by atoms with Crippen molar-refractivity contribution in [2.45, 2.75) is 18.9 Å². The zero-order valence-corrected chi connectivity index (χ0v) is 11.9. The van der Waals surface area contributed by atoms with Gasteiger partial charge in [-0.05, 0) is 38.6 Å². The summed E-state index contributed by atoms with van der Waals surface area (Å²) in [6.07, 6.45) is 2.42. The Morgan fingerprint density at radius 3 is 2.89 bits per heavy atom. The van der Waals surface area contributed by atoms with Crippen molar-refractivity contribution >= 4 is 17.4 Å². The average molecular weight is 270 g/mol. The van der Waals surface area contributed by atoms with E-state index in [4.69, 9.17) is 16.3 Å². The molecule has 100 valence electrons. The van der Waals surface area contributed by atoms with Crippen LogP contribution in [-0.4, -0.2) is 50.2 Å². The Labute approximate surface area is 114 Å². The number of anilines is 1. The number of pyridine rings is 1. The molecule has 1 fully saturated rings. The first kappa shape index (κ1) is 13.4. The van der Waals surface area contributed by atoms with E-state index in [2.05, 4.69) is 16.9 Å². The molecule has 4 nitrogen and oxygen atoms in total. The lowest BCUT2D eigenvalue weighted by Crippen LogP contribution is -2.30. The lowest BCUT2D eigenvalue weighted by Gasteiger charge is -2.20. The van der Waals surface area contributed by atoms with Gasteiger partial charge in [-0.3, -0.25) is 0 Å². The number of hydrogen-bond donors (Lipinski definition) is 0. The van der Waals surface area contributed by atoms with E-state index in [0.717, 1.165) is 12.4 Å². The maximum absolute atomic E-state index is 6.10. The fourth-order valence-electron chi connectivity index (χ4n) is 2.13. The molecule has 0 radical (unpaired) electrons. The first-order valence-electron chi connectivity index (χ1n) is 6.25. The second-order valence-electron chi connectivity index (χ2n) is 4.94. The second-order valence-corrected chi connectivity index (χ2v) is 5.35. The van der Waals surface area contributed by atoms with Crippen LogP contribution < -0.4 is 9.64 Å². The van der Waals surface area contributed by atoms with Crippen molar-refractivity contribution < 1.29 is 4.74 Å². The molecule has 1 atom stereocenters. The van der Waals surface area contributed by atoms with E-state index in [-0.39, 0.29) is 0 Å². The van der Waals surface area contributed by atoms with E-state index in [1.807, 2.05) is 31.1 Å². The van der Waals surface area contributed by atoms with Crippen molar-refractivity contribution in [3.63, 3.8) is 0 Å². The standard InChI is InChI=1S/C13H20ClN3O/c1-16(2)12-7-6-11(14)13(15-12)18-9-10-5-4-8-17(10)3/h6-7,10H,4-5,8-9H2,1-3H3. The van der Waals surface area contributed by atoms with Crippen LogP contribution in [0.25, 0.3) is 0 Å². The smallest absolute Gasteiger partial charge is 0.234 e. The van der Waals surface area contributed by atoms with Crippen LogP contribution in [0.2, 0.25) is 5.02 Å². The Kier molecular flexibility index (Phi) is 4.30. The van der Waals surface area contributed by atoms with Gasteiger partial charge in [-0.2, -0.15) is 4.98 Å². The largest absolute Gasteiger partial charge is 0.475 e. The molecule has 1 aliphatic rings. The second kappa shape index (κ2) is 5.76. The molecule has 18 heavy (non-hydrogen) atoms. The number of rotatable bonds is 4. The van der Waals surface area contributed by atoms with E-state index in [0.29, 0.717) is 23.6 Å². The van der Waals surface area contributed by atoms with E-state index in [9.17, 15) is 0 Å². The summed E-state index contributed by atoms with van der Waals surface area (Å²) in [6.45, 7) is 1.80. The Hall–Kier alpha value is -1.00. The van der Waals surface area contributed by atoms with Crippen LogP contribution in [0.4, 0.5) is 5.82 Å². The minimum Gasteiger partial charge on any atom is -0.475 e. The average Bonchev–Trinajstić information content (AvgIpc) is 2.73. The molecule has 2 rings (SSSR count). The van der Waals surface area contributed by atoms with Crippen molar-refractivity contribution in [3.8, 4) is 5.88 Å². The topological polar surface area (TPSA) is 28.6 Å². The van der Waals surface area contributed by atoms with Crippen LogP contribution >= 0.6 is 11.6 Å². The molecule has 0 spiro atoms. The Bertz CT molecular complexity index is 411. The fraction of sp³-hybridized carbons (Fsp3) is 0.615. The van der Waals surface area contributed by atoms with Crippen molar-refractivity contribution in [3.05, 3.63) is 17.2 Å². The molecule has 0 saturated carbocycles. The predicted molar refractivity (Wildman–Crippen MR) is 74.7 cm³/mol. The van der Waals surface area contributed by atoms with E-state index >= 15 is 0 Å². The quantitative estimate of drug-likeness (QED) is 0.839. The van der Waals surface area contributed by atoms with Gasteiger partial charge in [0.05, 0.1) is 0 Å². The molecule has 1 aromatic rings. The fourth-order valence-corrected chi connectivity index (χ4v) is 2.29. The molecule has 0 aromatic carbocycles. The molecule has 0 bridgehead atoms. The molecule has 0 aliphatic carbocycles. The van der Waals surface area contributed by atoms with Crippen LogP contribution in [0.3, 0.4) is 0 Å². The van der Waals surface area contributed by atoms with Gasteiger partial charge in [0.25, 0.3) is 0 Å². The van der Waals surface area contributed by atoms with Crippen LogP contribution in [0.5, 0.6) is 5.88 Å². The highest BCUT2D eigenvalue weighted by atomic mass is 35.5. The third-order valence-electron chi connectivity index (χ3n) is 3.34. The highest BCUT2D eigenvalue weighted by Gasteiger charge is 2.22. The van der Waals surface area contributed by atoms with Crippen LogP contribution in [0.1, 0.15) is 12.8 Å². The molecular weight excluding hydrogens is 250 g/mol. The zero-order chi connectivity index (χ0) is 13.1. The van der Waals surface area contributed by atoms with Crippen molar-refractivity contribution in [1.29, 1.82) is 0 Å². The summed E-state index contributed by atoms with van der Waals surface area (Å²) in [5.74, 6) is 1.39. The van der Waals surface area contributed by atoms with Crippen LogP contribution in [0, 0.1) is 0 Å². The molecule has 1 unspecified atom stereocenters. The number of ether oxygens (including phenoxy) is 1. The van der Waals surface area contributed by atoms with Crippen LogP contribution in [-0.2, 0) is 0 Å². The lowest BCUT2D eigenvalue weighted by atomic mass is 10.2. The normalized spacial score (nSPS) is 20.1. The Morgan fingerprint density at radius 2 is 2.28 bits per heavy atom. The summed E-state index contributed by atoms with van der Waals surface area (Å²) < 4.78 is 5.77. The van der Waals surface area contributed by atoms with Gasteiger partial charge >= 0.3 is 0 Å². The Morgan fingerprint density at radius 1 is 1.50 bits per heavy atom. The number of likely N-dealkylation sites (tertiary alicyclic amines) is 1. The van der Waals surface area contributed by atoms with Gasteiger partial charge in [0.1, 0.15) is 17.4 Å². The minimum atomic E-state index is 0.478. The van der Waals surface area contributed by atoms with E-state index in [1.165, 1.54) is 12.8 Å². The molecule has 1 saturated heterocycles. The van der Waals surface area contributed by atoms with Gasteiger partial charge in [-0.25, -0.2) is 0 Å². The van der Waals surface area contributed by atoms with E-state index in [1.54, 1.807) is 0 Å². The van der Waals surface area contributed by atoms with Gasteiger partial charge < -0.3 is 14.5 Å². The van der Waals surface area contributed by atoms with Crippen molar-refractivity contribution in [2.75, 3.05) is 39.2 Å².